The fourth-order valence-electron chi connectivity index (χ4n) is 3.27. The van der Waals surface area contributed by atoms with Crippen molar-refractivity contribution in [3.8, 4) is 5.75 Å². The lowest BCUT2D eigenvalue weighted by molar-refractivity contribution is -0.115. The molecular weight excluding hydrogens is 376 g/mol. The van der Waals surface area contributed by atoms with E-state index in [1.807, 2.05) is 25.1 Å². The quantitative estimate of drug-likeness (QED) is 0.678. The van der Waals surface area contributed by atoms with Crippen LogP contribution in [0.25, 0.3) is 0 Å². The summed E-state index contributed by atoms with van der Waals surface area (Å²) in [7, 11) is 1.57. The molecule has 1 aromatic heterocycles. The molecule has 3 rings (SSSR count). The van der Waals surface area contributed by atoms with Crippen LogP contribution in [0, 0.1) is 6.92 Å². The van der Waals surface area contributed by atoms with Crippen molar-refractivity contribution < 1.29 is 14.3 Å². The van der Waals surface area contributed by atoms with Gasteiger partial charge in [0.1, 0.15) is 5.75 Å². The zero-order valence-corrected chi connectivity index (χ0v) is 17.0. The first kappa shape index (κ1) is 20.1. The van der Waals surface area contributed by atoms with Crippen molar-refractivity contribution in [3.05, 3.63) is 34.8 Å². The van der Waals surface area contributed by atoms with Gasteiger partial charge in [-0.3, -0.25) is 10.1 Å². The molecule has 3 amide bonds. The van der Waals surface area contributed by atoms with E-state index in [-0.39, 0.29) is 24.4 Å². The second-order valence-corrected chi connectivity index (χ2v) is 7.86. The Morgan fingerprint density at radius 3 is 2.75 bits per heavy atom. The number of ether oxygens (including phenoxy) is 1. The predicted molar refractivity (Wildman–Crippen MR) is 111 cm³/mol. The third-order valence-electron chi connectivity index (χ3n) is 4.69. The molecule has 0 saturated heterocycles. The highest BCUT2D eigenvalue weighted by Gasteiger charge is 2.17. The summed E-state index contributed by atoms with van der Waals surface area (Å²) in [4.78, 5) is 28.8. The number of methoxy groups -OCH3 is 1. The van der Waals surface area contributed by atoms with E-state index in [1.165, 1.54) is 17.8 Å². The van der Waals surface area contributed by atoms with Crippen LogP contribution in [0.3, 0.4) is 0 Å². The Labute approximate surface area is 168 Å². The molecule has 0 unspecified atom stereocenters. The molecule has 1 aromatic carbocycles. The molecule has 0 spiro atoms. The van der Waals surface area contributed by atoms with Crippen molar-refractivity contribution >= 4 is 34.1 Å². The topological polar surface area (TPSA) is 92.4 Å². The molecule has 0 radical (unpaired) electrons. The van der Waals surface area contributed by atoms with Crippen LogP contribution < -0.4 is 20.7 Å². The molecule has 1 saturated carbocycles. The van der Waals surface area contributed by atoms with E-state index in [1.54, 1.807) is 12.5 Å². The van der Waals surface area contributed by atoms with Crippen molar-refractivity contribution in [1.82, 2.24) is 10.3 Å². The number of nitrogens with zero attached hydrogens (tertiary/aromatic N) is 1. The van der Waals surface area contributed by atoms with Crippen molar-refractivity contribution in [1.29, 1.82) is 0 Å². The third-order valence-corrected chi connectivity index (χ3v) is 5.49. The number of carbonyl (C=O) groups is 2. The van der Waals surface area contributed by atoms with Crippen molar-refractivity contribution in [2.24, 2.45) is 0 Å². The summed E-state index contributed by atoms with van der Waals surface area (Å²) < 4.78 is 5.30. The lowest BCUT2D eigenvalue weighted by atomic mass is 9.96. The molecule has 3 N–H and O–H groups in total. The Balaban J connectivity index is 1.51. The number of aromatic nitrogens is 1. The maximum atomic E-state index is 12.3. The average Bonchev–Trinajstić information content (AvgIpc) is 3.10. The molecule has 150 valence electrons. The number of thiazole rings is 1. The highest BCUT2D eigenvalue weighted by atomic mass is 32.1. The first-order chi connectivity index (χ1) is 13.5. The van der Waals surface area contributed by atoms with E-state index >= 15 is 0 Å². The van der Waals surface area contributed by atoms with E-state index in [0.717, 1.165) is 31.2 Å². The zero-order chi connectivity index (χ0) is 19.9. The molecular formula is C20H26N4O3S. The monoisotopic (exact) mass is 402 g/mol. The Morgan fingerprint density at radius 1 is 1.21 bits per heavy atom. The van der Waals surface area contributed by atoms with E-state index in [9.17, 15) is 9.59 Å². The van der Waals surface area contributed by atoms with Crippen LogP contribution in [0.1, 0.15) is 43.4 Å². The number of carbonyl (C=O) groups excluding carboxylic acids is 2. The maximum absolute atomic E-state index is 12.3. The van der Waals surface area contributed by atoms with Gasteiger partial charge < -0.3 is 15.4 Å². The predicted octanol–water partition coefficient (Wildman–Crippen LogP) is 4.10. The second-order valence-electron chi connectivity index (χ2n) is 7.01. The van der Waals surface area contributed by atoms with Crippen molar-refractivity contribution in [2.45, 2.75) is 51.5 Å². The number of amides is 3. The second kappa shape index (κ2) is 9.54. The molecule has 1 aliphatic rings. The van der Waals surface area contributed by atoms with Gasteiger partial charge in [0.15, 0.2) is 5.13 Å². The van der Waals surface area contributed by atoms with Gasteiger partial charge in [-0.2, -0.15) is 0 Å². The Morgan fingerprint density at radius 2 is 2.00 bits per heavy atom. The lowest BCUT2D eigenvalue weighted by Crippen LogP contribution is -2.39. The Hall–Kier alpha value is -2.61. The SMILES string of the molecule is COc1cc(C)ccc1NC(=O)Cc1csc(NC(=O)NC2CCCCC2)n1. The zero-order valence-electron chi connectivity index (χ0n) is 16.2. The molecule has 0 bridgehead atoms. The van der Waals surface area contributed by atoms with Crippen LogP contribution in [0.5, 0.6) is 5.75 Å². The molecule has 28 heavy (non-hydrogen) atoms. The van der Waals surface area contributed by atoms with Gasteiger partial charge in [-0.1, -0.05) is 25.3 Å². The van der Waals surface area contributed by atoms with Crippen LogP contribution in [0.4, 0.5) is 15.6 Å². The van der Waals surface area contributed by atoms with Crippen LogP contribution >= 0.6 is 11.3 Å². The van der Waals surface area contributed by atoms with Crippen molar-refractivity contribution in [3.63, 3.8) is 0 Å². The summed E-state index contributed by atoms with van der Waals surface area (Å²) in [6.45, 7) is 1.96. The fourth-order valence-corrected chi connectivity index (χ4v) is 3.98. The number of anilines is 2. The number of benzene rings is 1. The molecule has 1 aliphatic carbocycles. The summed E-state index contributed by atoms with van der Waals surface area (Å²) in [6, 6.07) is 5.60. The first-order valence-corrected chi connectivity index (χ1v) is 10.4. The van der Waals surface area contributed by atoms with Crippen LogP contribution in [0.15, 0.2) is 23.6 Å². The standard InChI is InChI=1S/C20H26N4O3S/c1-13-8-9-16(17(10-13)27-2)23-18(25)11-15-12-28-20(22-15)24-19(26)21-14-6-4-3-5-7-14/h8-10,12,14H,3-7,11H2,1-2H3,(H,23,25)(H2,21,22,24,26). The number of aryl methyl sites for hydroxylation is 1. The van der Waals surface area contributed by atoms with E-state index in [2.05, 4.69) is 20.9 Å². The average molecular weight is 403 g/mol. The minimum atomic E-state index is -0.235. The largest absolute Gasteiger partial charge is 0.495 e. The third kappa shape index (κ3) is 5.69. The minimum Gasteiger partial charge on any atom is -0.495 e. The fraction of sp³-hybridized carbons (Fsp3) is 0.450. The minimum absolute atomic E-state index is 0.124. The number of nitrogens with one attached hydrogen (secondary N) is 3. The molecule has 0 aliphatic heterocycles. The molecule has 1 heterocycles. The number of urea groups is 1. The van der Waals surface area contributed by atoms with Gasteiger partial charge in [0.2, 0.25) is 5.91 Å². The van der Waals surface area contributed by atoms with Crippen LogP contribution in [-0.4, -0.2) is 30.1 Å². The van der Waals surface area contributed by atoms with Gasteiger partial charge in [-0.05, 0) is 37.5 Å². The van der Waals surface area contributed by atoms with Gasteiger partial charge in [0, 0.05) is 11.4 Å². The normalized spacial score (nSPS) is 14.4. The summed E-state index contributed by atoms with van der Waals surface area (Å²) in [5, 5.41) is 10.9. The van der Waals surface area contributed by atoms with Crippen LogP contribution in [0.2, 0.25) is 0 Å². The Kier molecular flexibility index (Phi) is 6.86. The van der Waals surface area contributed by atoms with E-state index in [4.69, 9.17) is 4.74 Å². The highest BCUT2D eigenvalue weighted by Crippen LogP contribution is 2.25. The number of hydrogen-bond acceptors (Lipinski definition) is 5. The molecule has 0 atom stereocenters. The molecule has 7 nitrogen and oxygen atoms in total. The number of rotatable bonds is 6. The van der Waals surface area contributed by atoms with Gasteiger partial charge in [-0.25, -0.2) is 9.78 Å². The Bertz CT molecular complexity index is 831. The molecule has 2 aromatic rings. The molecule has 1 fully saturated rings. The van der Waals surface area contributed by atoms with Crippen molar-refractivity contribution in [2.75, 3.05) is 17.7 Å². The summed E-state index contributed by atoms with van der Waals surface area (Å²) in [6.07, 6.45) is 5.74. The maximum Gasteiger partial charge on any atom is 0.321 e. The summed E-state index contributed by atoms with van der Waals surface area (Å²) >= 11 is 1.31. The summed E-state index contributed by atoms with van der Waals surface area (Å²) in [5.74, 6) is 0.430. The smallest absolute Gasteiger partial charge is 0.321 e. The first-order valence-electron chi connectivity index (χ1n) is 9.50. The van der Waals surface area contributed by atoms with Crippen LogP contribution in [-0.2, 0) is 11.2 Å². The van der Waals surface area contributed by atoms with E-state index in [0.29, 0.717) is 22.3 Å². The van der Waals surface area contributed by atoms with Gasteiger partial charge in [-0.15, -0.1) is 11.3 Å². The van der Waals surface area contributed by atoms with E-state index < -0.39 is 0 Å². The summed E-state index contributed by atoms with van der Waals surface area (Å²) in [5.41, 5.74) is 2.29. The molecule has 8 heteroatoms. The highest BCUT2D eigenvalue weighted by molar-refractivity contribution is 7.13. The van der Waals surface area contributed by atoms with Gasteiger partial charge >= 0.3 is 6.03 Å². The van der Waals surface area contributed by atoms with Gasteiger partial charge in [0.25, 0.3) is 0 Å². The number of hydrogen-bond donors (Lipinski definition) is 3. The van der Waals surface area contributed by atoms with Gasteiger partial charge in [0.05, 0.1) is 24.9 Å². The lowest BCUT2D eigenvalue weighted by Gasteiger charge is -2.22.